The molecule has 1 aliphatic rings. The molecule has 0 aliphatic carbocycles. The van der Waals surface area contributed by atoms with E-state index in [2.05, 4.69) is 4.98 Å². The van der Waals surface area contributed by atoms with E-state index in [-0.39, 0.29) is 29.1 Å². The third-order valence-corrected chi connectivity index (χ3v) is 7.16. The number of aromatic nitrogens is 1. The summed E-state index contributed by atoms with van der Waals surface area (Å²) >= 11 is 1.27. The van der Waals surface area contributed by atoms with Gasteiger partial charge in [-0.05, 0) is 48.7 Å². The van der Waals surface area contributed by atoms with Gasteiger partial charge in [0.15, 0.2) is 15.0 Å². The Kier molecular flexibility index (Phi) is 5.86. The summed E-state index contributed by atoms with van der Waals surface area (Å²) in [4.78, 5) is 19.5. The minimum absolute atomic E-state index is 0.0645. The van der Waals surface area contributed by atoms with Crippen LogP contribution < -0.4 is 4.90 Å². The zero-order chi connectivity index (χ0) is 21.3. The molecule has 1 unspecified atom stereocenters. The van der Waals surface area contributed by atoms with Crippen LogP contribution in [0.4, 0.5) is 9.52 Å². The van der Waals surface area contributed by atoms with Crippen molar-refractivity contribution in [1.29, 1.82) is 0 Å². The summed E-state index contributed by atoms with van der Waals surface area (Å²) in [6.07, 6.45) is 3.00. The lowest BCUT2D eigenvalue weighted by Crippen LogP contribution is -2.38. The molecule has 1 atom stereocenters. The number of halogens is 1. The molecule has 1 saturated heterocycles. The Hall–Kier alpha value is -2.36. The van der Waals surface area contributed by atoms with Gasteiger partial charge in [-0.25, -0.2) is 17.8 Å². The van der Waals surface area contributed by atoms with Crippen molar-refractivity contribution in [1.82, 2.24) is 4.98 Å². The number of thiazole rings is 1. The van der Waals surface area contributed by atoms with Crippen LogP contribution >= 0.6 is 11.3 Å². The Morgan fingerprint density at radius 1 is 1.27 bits per heavy atom. The molecule has 0 saturated carbocycles. The SMILES string of the molecule is CS(=O)(=O)c1ccc(CC(=O)N(CC2CCCO2)c2nc3ccc(F)cc3s2)cc1. The fourth-order valence-electron chi connectivity index (χ4n) is 3.40. The number of anilines is 1. The molecule has 1 aliphatic heterocycles. The molecule has 2 heterocycles. The van der Waals surface area contributed by atoms with Crippen molar-refractivity contribution in [2.45, 2.75) is 30.3 Å². The number of rotatable bonds is 6. The summed E-state index contributed by atoms with van der Waals surface area (Å²) in [7, 11) is -3.29. The molecular formula is C21H21FN2O4S2. The Morgan fingerprint density at radius 2 is 2.03 bits per heavy atom. The van der Waals surface area contributed by atoms with E-state index in [9.17, 15) is 17.6 Å². The number of carbonyl (C=O) groups is 1. The monoisotopic (exact) mass is 448 g/mol. The molecule has 1 amide bonds. The molecule has 0 spiro atoms. The zero-order valence-electron chi connectivity index (χ0n) is 16.4. The quantitative estimate of drug-likeness (QED) is 0.576. The summed E-state index contributed by atoms with van der Waals surface area (Å²) < 4.78 is 43.2. The van der Waals surface area contributed by atoms with Crippen LogP contribution in [0.25, 0.3) is 10.2 Å². The Bertz CT molecular complexity index is 1170. The first-order valence-electron chi connectivity index (χ1n) is 9.57. The highest BCUT2D eigenvalue weighted by Crippen LogP contribution is 2.31. The number of fused-ring (bicyclic) bond motifs is 1. The fraction of sp³-hybridized carbons (Fsp3) is 0.333. The van der Waals surface area contributed by atoms with Crippen molar-refractivity contribution in [3.05, 3.63) is 53.8 Å². The van der Waals surface area contributed by atoms with Gasteiger partial charge in [0.25, 0.3) is 0 Å². The number of benzene rings is 2. The molecule has 2 aromatic carbocycles. The number of carbonyl (C=O) groups excluding carboxylic acids is 1. The molecule has 1 fully saturated rings. The molecule has 158 valence electrons. The van der Waals surface area contributed by atoms with Crippen molar-refractivity contribution < 1.29 is 22.3 Å². The maximum atomic E-state index is 13.6. The second kappa shape index (κ2) is 8.41. The highest BCUT2D eigenvalue weighted by atomic mass is 32.2. The summed E-state index contributed by atoms with van der Waals surface area (Å²) in [5, 5.41) is 0.504. The lowest BCUT2D eigenvalue weighted by Gasteiger charge is -2.23. The van der Waals surface area contributed by atoms with Gasteiger partial charge < -0.3 is 4.74 Å². The lowest BCUT2D eigenvalue weighted by molar-refractivity contribution is -0.118. The summed E-state index contributed by atoms with van der Waals surface area (Å²) in [6, 6.07) is 10.7. The van der Waals surface area contributed by atoms with E-state index in [1.165, 1.54) is 35.6 Å². The molecular weight excluding hydrogens is 427 g/mol. The normalized spacial score (nSPS) is 16.8. The predicted molar refractivity (Wildman–Crippen MR) is 114 cm³/mol. The summed E-state index contributed by atoms with van der Waals surface area (Å²) in [6.45, 7) is 1.05. The maximum Gasteiger partial charge on any atom is 0.233 e. The van der Waals surface area contributed by atoms with E-state index in [0.29, 0.717) is 34.1 Å². The van der Waals surface area contributed by atoms with E-state index >= 15 is 0 Å². The second-order valence-corrected chi connectivity index (χ2v) is 10.4. The highest BCUT2D eigenvalue weighted by molar-refractivity contribution is 7.90. The first kappa shape index (κ1) is 20.9. The number of nitrogens with zero attached hydrogens (tertiary/aromatic N) is 2. The minimum Gasteiger partial charge on any atom is -0.376 e. The van der Waals surface area contributed by atoms with Crippen molar-refractivity contribution >= 4 is 42.4 Å². The fourth-order valence-corrected chi connectivity index (χ4v) is 5.05. The largest absolute Gasteiger partial charge is 0.376 e. The lowest BCUT2D eigenvalue weighted by atomic mass is 10.1. The van der Waals surface area contributed by atoms with Gasteiger partial charge in [-0.1, -0.05) is 23.5 Å². The Balaban J connectivity index is 1.60. The molecule has 3 aromatic rings. The maximum absolute atomic E-state index is 13.6. The van der Waals surface area contributed by atoms with E-state index in [1.807, 2.05) is 0 Å². The van der Waals surface area contributed by atoms with Gasteiger partial charge in [0, 0.05) is 12.9 Å². The van der Waals surface area contributed by atoms with Crippen molar-refractivity contribution in [2.24, 2.45) is 0 Å². The molecule has 30 heavy (non-hydrogen) atoms. The third kappa shape index (κ3) is 4.69. The highest BCUT2D eigenvalue weighted by Gasteiger charge is 2.26. The van der Waals surface area contributed by atoms with Crippen molar-refractivity contribution in [2.75, 3.05) is 24.3 Å². The molecule has 0 radical (unpaired) electrons. The smallest absolute Gasteiger partial charge is 0.233 e. The van der Waals surface area contributed by atoms with Crippen LogP contribution in [0.2, 0.25) is 0 Å². The van der Waals surface area contributed by atoms with Gasteiger partial charge >= 0.3 is 0 Å². The van der Waals surface area contributed by atoms with Gasteiger partial charge in [0.05, 0.1) is 34.2 Å². The molecule has 6 nitrogen and oxygen atoms in total. The van der Waals surface area contributed by atoms with Crippen LogP contribution in [-0.4, -0.2) is 44.8 Å². The topological polar surface area (TPSA) is 76.6 Å². The number of ether oxygens (including phenoxy) is 1. The van der Waals surface area contributed by atoms with Crippen LogP contribution in [0.1, 0.15) is 18.4 Å². The van der Waals surface area contributed by atoms with Crippen LogP contribution in [-0.2, 0) is 25.8 Å². The Morgan fingerprint density at radius 3 is 2.70 bits per heavy atom. The molecule has 9 heteroatoms. The standard InChI is InChI=1S/C21H21FN2O4S2/c1-30(26,27)17-7-4-14(5-8-17)11-20(25)24(13-16-3-2-10-28-16)21-23-18-9-6-15(22)12-19(18)29-21/h4-9,12,16H,2-3,10-11,13H2,1H3. The van der Waals surface area contributed by atoms with Crippen molar-refractivity contribution in [3.8, 4) is 0 Å². The molecule has 4 rings (SSSR count). The van der Waals surface area contributed by atoms with Gasteiger partial charge in [-0.15, -0.1) is 0 Å². The third-order valence-electron chi connectivity index (χ3n) is 4.99. The van der Waals surface area contributed by atoms with Crippen molar-refractivity contribution in [3.63, 3.8) is 0 Å². The number of hydrogen-bond acceptors (Lipinski definition) is 6. The van der Waals surface area contributed by atoms with E-state index < -0.39 is 9.84 Å². The summed E-state index contributed by atoms with van der Waals surface area (Å²) in [5.41, 5.74) is 1.34. The van der Waals surface area contributed by atoms with Crippen LogP contribution in [0, 0.1) is 5.82 Å². The van der Waals surface area contributed by atoms with Gasteiger partial charge in [0.1, 0.15) is 5.82 Å². The van der Waals surface area contributed by atoms with Gasteiger partial charge in [-0.3, -0.25) is 9.69 Å². The Labute approximate surface area is 178 Å². The van der Waals surface area contributed by atoms with Gasteiger partial charge in [-0.2, -0.15) is 0 Å². The first-order valence-corrected chi connectivity index (χ1v) is 12.3. The molecule has 1 aromatic heterocycles. The summed E-state index contributed by atoms with van der Waals surface area (Å²) in [5.74, 6) is -0.516. The average Bonchev–Trinajstić information content (AvgIpc) is 3.34. The predicted octanol–water partition coefficient (Wildman–Crippen LogP) is 3.59. The zero-order valence-corrected chi connectivity index (χ0v) is 18.0. The number of hydrogen-bond donors (Lipinski definition) is 0. The number of sulfone groups is 1. The van der Waals surface area contributed by atoms with E-state index in [1.54, 1.807) is 23.1 Å². The van der Waals surface area contributed by atoms with E-state index in [4.69, 9.17) is 4.74 Å². The minimum atomic E-state index is -3.29. The van der Waals surface area contributed by atoms with Crippen LogP contribution in [0.3, 0.4) is 0 Å². The first-order chi connectivity index (χ1) is 14.3. The van der Waals surface area contributed by atoms with Crippen LogP contribution in [0.15, 0.2) is 47.4 Å². The second-order valence-electron chi connectivity index (χ2n) is 7.34. The van der Waals surface area contributed by atoms with E-state index in [0.717, 1.165) is 19.1 Å². The van der Waals surface area contributed by atoms with Gasteiger partial charge in [0.2, 0.25) is 5.91 Å². The molecule has 0 bridgehead atoms. The van der Waals surface area contributed by atoms with Crippen LogP contribution in [0.5, 0.6) is 0 Å². The number of amides is 1. The molecule has 0 N–H and O–H groups in total. The average molecular weight is 449 g/mol.